The third-order valence-electron chi connectivity index (χ3n) is 6.44. The van der Waals surface area contributed by atoms with Gasteiger partial charge in [-0.05, 0) is 63.4 Å². The molecular weight excluding hydrogens is 412 g/mol. The SMILES string of the molecule is CC1CCN(c2ccc3nc(-c4cc5cn(C)nc5cc4O)ccc3n2)C[C@H]1NC(C)(C)C. The van der Waals surface area contributed by atoms with Gasteiger partial charge < -0.3 is 15.3 Å². The molecule has 1 aliphatic heterocycles. The fourth-order valence-electron chi connectivity index (χ4n) is 4.74. The molecular formula is C26H32N6O. The van der Waals surface area contributed by atoms with Crippen molar-refractivity contribution in [2.45, 2.75) is 45.7 Å². The van der Waals surface area contributed by atoms with Crippen molar-refractivity contribution >= 4 is 27.8 Å². The zero-order chi connectivity index (χ0) is 23.3. The summed E-state index contributed by atoms with van der Waals surface area (Å²) in [5, 5.41) is 19.7. The van der Waals surface area contributed by atoms with Crippen LogP contribution in [0.25, 0.3) is 33.2 Å². The predicted octanol–water partition coefficient (Wildman–Crippen LogP) is 4.49. The van der Waals surface area contributed by atoms with E-state index in [2.05, 4.69) is 49.1 Å². The Balaban J connectivity index is 1.43. The number of nitrogens with one attached hydrogen (secondary N) is 1. The van der Waals surface area contributed by atoms with Gasteiger partial charge in [0.2, 0.25) is 0 Å². The standard InChI is InChI=1S/C26H32N6O/c1-16-10-11-32(15-23(16)29-26(2,3)4)25-9-8-20-21(28-25)7-6-19(27-20)18-12-17-14-31(5)30-22(17)13-24(18)33/h6-9,12-14,16,23,29,33H,10-11,15H2,1-5H3/t16?,23-/m1/s1. The molecule has 172 valence electrons. The van der Waals surface area contributed by atoms with Gasteiger partial charge in [-0.15, -0.1) is 0 Å². The van der Waals surface area contributed by atoms with Crippen LogP contribution in [-0.4, -0.2) is 49.5 Å². The maximum absolute atomic E-state index is 10.6. The number of nitrogens with zero attached hydrogens (tertiary/aromatic N) is 5. The second-order valence-corrected chi connectivity index (χ2v) is 10.3. The minimum Gasteiger partial charge on any atom is -0.507 e. The van der Waals surface area contributed by atoms with Crippen LogP contribution >= 0.6 is 0 Å². The van der Waals surface area contributed by atoms with Crippen molar-refractivity contribution in [3.8, 4) is 17.0 Å². The van der Waals surface area contributed by atoms with Crippen molar-refractivity contribution in [3.63, 3.8) is 0 Å². The molecule has 0 spiro atoms. The molecule has 1 aliphatic rings. The van der Waals surface area contributed by atoms with Gasteiger partial charge in [-0.2, -0.15) is 5.10 Å². The number of anilines is 1. The van der Waals surface area contributed by atoms with Crippen LogP contribution in [0.15, 0.2) is 42.6 Å². The Morgan fingerprint density at radius 3 is 2.58 bits per heavy atom. The van der Waals surface area contributed by atoms with E-state index in [9.17, 15) is 5.11 Å². The Hall–Kier alpha value is -3.19. The lowest BCUT2D eigenvalue weighted by Gasteiger charge is -2.41. The van der Waals surface area contributed by atoms with Crippen LogP contribution in [0.4, 0.5) is 5.82 Å². The maximum Gasteiger partial charge on any atom is 0.129 e. The number of fused-ring (bicyclic) bond motifs is 2. The molecule has 4 aromatic rings. The lowest BCUT2D eigenvalue weighted by atomic mass is 9.91. The van der Waals surface area contributed by atoms with Crippen molar-refractivity contribution in [1.82, 2.24) is 25.1 Å². The van der Waals surface area contributed by atoms with Crippen molar-refractivity contribution in [2.24, 2.45) is 13.0 Å². The average molecular weight is 445 g/mol. The van der Waals surface area contributed by atoms with Gasteiger partial charge in [0.15, 0.2) is 0 Å². The number of pyridine rings is 2. The van der Waals surface area contributed by atoms with Crippen LogP contribution in [0.1, 0.15) is 34.1 Å². The molecule has 1 saturated heterocycles. The van der Waals surface area contributed by atoms with Gasteiger partial charge in [-0.25, -0.2) is 9.97 Å². The van der Waals surface area contributed by atoms with Crippen LogP contribution in [-0.2, 0) is 7.05 Å². The molecule has 3 aromatic heterocycles. The summed E-state index contributed by atoms with van der Waals surface area (Å²) in [6.45, 7) is 11.0. The minimum atomic E-state index is 0.0868. The third-order valence-corrected chi connectivity index (χ3v) is 6.44. The first-order valence-electron chi connectivity index (χ1n) is 11.6. The molecule has 0 saturated carbocycles. The lowest BCUT2D eigenvalue weighted by molar-refractivity contribution is 0.261. The van der Waals surface area contributed by atoms with E-state index in [1.165, 1.54) is 0 Å². The number of hydrogen-bond donors (Lipinski definition) is 2. The van der Waals surface area contributed by atoms with Crippen LogP contribution in [0.2, 0.25) is 0 Å². The molecule has 4 heterocycles. The highest BCUT2D eigenvalue weighted by Gasteiger charge is 2.29. The van der Waals surface area contributed by atoms with E-state index in [0.717, 1.165) is 53.0 Å². The molecule has 2 atom stereocenters. The number of aromatic hydroxyl groups is 1. The number of aromatic nitrogens is 4. The van der Waals surface area contributed by atoms with E-state index in [1.807, 2.05) is 37.5 Å². The molecule has 5 rings (SSSR count). The van der Waals surface area contributed by atoms with Gasteiger partial charge in [-0.1, -0.05) is 6.92 Å². The first kappa shape index (κ1) is 21.6. The zero-order valence-corrected chi connectivity index (χ0v) is 20.0. The number of piperidine rings is 1. The minimum absolute atomic E-state index is 0.0868. The monoisotopic (exact) mass is 444 g/mol. The van der Waals surface area contributed by atoms with Crippen molar-refractivity contribution in [2.75, 3.05) is 18.0 Å². The molecule has 0 radical (unpaired) electrons. The van der Waals surface area contributed by atoms with Crippen LogP contribution in [0, 0.1) is 5.92 Å². The number of phenols is 1. The van der Waals surface area contributed by atoms with Gasteiger partial charge in [0.05, 0.1) is 22.2 Å². The van der Waals surface area contributed by atoms with E-state index in [1.54, 1.807) is 10.7 Å². The summed E-state index contributed by atoms with van der Waals surface area (Å²) in [6, 6.07) is 12.1. The smallest absolute Gasteiger partial charge is 0.129 e. The summed E-state index contributed by atoms with van der Waals surface area (Å²) < 4.78 is 1.75. The number of aryl methyl sites for hydroxylation is 1. The van der Waals surface area contributed by atoms with Gasteiger partial charge in [0.25, 0.3) is 0 Å². The predicted molar refractivity (Wildman–Crippen MR) is 134 cm³/mol. The van der Waals surface area contributed by atoms with Gasteiger partial charge in [0, 0.05) is 54.9 Å². The van der Waals surface area contributed by atoms with Crippen LogP contribution < -0.4 is 10.2 Å². The molecule has 0 aliphatic carbocycles. The Labute approximate surface area is 194 Å². The number of hydrogen-bond acceptors (Lipinski definition) is 6. The molecule has 33 heavy (non-hydrogen) atoms. The number of phenolic OH excluding ortho intramolecular Hbond substituents is 1. The molecule has 7 heteroatoms. The summed E-state index contributed by atoms with van der Waals surface area (Å²) in [6.07, 6.45) is 3.08. The topological polar surface area (TPSA) is 79.1 Å². The number of benzene rings is 1. The third kappa shape index (κ3) is 4.37. The highest BCUT2D eigenvalue weighted by Crippen LogP contribution is 2.33. The molecule has 1 unspecified atom stereocenters. The van der Waals surface area contributed by atoms with Crippen molar-refractivity contribution in [1.29, 1.82) is 0 Å². The van der Waals surface area contributed by atoms with Gasteiger partial charge in [0.1, 0.15) is 11.6 Å². The number of rotatable bonds is 3. The van der Waals surface area contributed by atoms with E-state index in [-0.39, 0.29) is 11.3 Å². The van der Waals surface area contributed by atoms with Crippen LogP contribution in [0.5, 0.6) is 5.75 Å². The van der Waals surface area contributed by atoms with Gasteiger partial charge >= 0.3 is 0 Å². The molecule has 1 fully saturated rings. The first-order valence-corrected chi connectivity index (χ1v) is 11.6. The Morgan fingerprint density at radius 2 is 1.79 bits per heavy atom. The largest absolute Gasteiger partial charge is 0.507 e. The van der Waals surface area contributed by atoms with E-state index in [4.69, 9.17) is 9.97 Å². The molecule has 7 nitrogen and oxygen atoms in total. The second kappa shape index (κ2) is 7.99. The summed E-state index contributed by atoms with van der Waals surface area (Å²) in [5.74, 6) is 1.80. The Kier molecular flexibility index (Phi) is 5.24. The molecule has 2 N–H and O–H groups in total. The van der Waals surface area contributed by atoms with Crippen molar-refractivity contribution in [3.05, 3.63) is 42.6 Å². The lowest BCUT2D eigenvalue weighted by Crippen LogP contribution is -2.55. The Morgan fingerprint density at radius 1 is 1.03 bits per heavy atom. The summed E-state index contributed by atoms with van der Waals surface area (Å²) in [4.78, 5) is 12.1. The van der Waals surface area contributed by atoms with Gasteiger partial charge in [-0.3, -0.25) is 4.68 Å². The average Bonchev–Trinajstić information content (AvgIpc) is 3.11. The van der Waals surface area contributed by atoms with E-state index >= 15 is 0 Å². The van der Waals surface area contributed by atoms with Crippen molar-refractivity contribution < 1.29 is 5.11 Å². The highest BCUT2D eigenvalue weighted by atomic mass is 16.3. The highest BCUT2D eigenvalue weighted by molar-refractivity contribution is 5.88. The summed E-state index contributed by atoms with van der Waals surface area (Å²) >= 11 is 0. The fraction of sp³-hybridized carbons (Fsp3) is 0.423. The second-order valence-electron chi connectivity index (χ2n) is 10.3. The quantitative estimate of drug-likeness (QED) is 0.485. The fourth-order valence-corrected chi connectivity index (χ4v) is 4.74. The summed E-state index contributed by atoms with van der Waals surface area (Å²) in [5.41, 5.74) is 3.95. The molecule has 0 amide bonds. The first-order chi connectivity index (χ1) is 15.7. The normalized spacial score (nSPS) is 19.5. The molecule has 1 aromatic carbocycles. The Bertz CT molecular complexity index is 1320. The molecule has 0 bridgehead atoms. The summed E-state index contributed by atoms with van der Waals surface area (Å²) in [7, 11) is 1.87. The maximum atomic E-state index is 10.6. The van der Waals surface area contributed by atoms with E-state index < -0.39 is 0 Å². The zero-order valence-electron chi connectivity index (χ0n) is 20.0. The van der Waals surface area contributed by atoms with Crippen LogP contribution in [0.3, 0.4) is 0 Å². The van der Waals surface area contributed by atoms with E-state index in [0.29, 0.717) is 17.5 Å².